The van der Waals surface area contributed by atoms with Crippen LogP contribution >= 0.6 is 11.6 Å². The van der Waals surface area contributed by atoms with Gasteiger partial charge in [0.2, 0.25) is 0 Å². The van der Waals surface area contributed by atoms with E-state index >= 15 is 0 Å². The Morgan fingerprint density at radius 2 is 2.35 bits per heavy atom. The molecule has 0 radical (unpaired) electrons. The van der Waals surface area contributed by atoms with Gasteiger partial charge in [-0.1, -0.05) is 0 Å². The van der Waals surface area contributed by atoms with Gasteiger partial charge >= 0.3 is 11.2 Å². The highest BCUT2D eigenvalue weighted by Gasteiger charge is 2.25. The standard InChI is InChI=1S/C8H7ClN4O4/c9-3-4-10-5-1-2-6(12(14)15)7-8(5)13(16)17-11-7/h1-2,10H,3-4H2. The van der Waals surface area contributed by atoms with Gasteiger partial charge in [0.1, 0.15) is 0 Å². The number of anilines is 1. The zero-order valence-electron chi connectivity index (χ0n) is 8.42. The van der Waals surface area contributed by atoms with Crippen molar-refractivity contribution in [3.8, 4) is 0 Å². The lowest BCUT2D eigenvalue weighted by Crippen LogP contribution is -2.24. The second kappa shape index (κ2) is 4.42. The number of benzene rings is 1. The lowest BCUT2D eigenvalue weighted by molar-refractivity contribution is -0.781. The number of nitro groups is 1. The van der Waals surface area contributed by atoms with E-state index in [0.29, 0.717) is 18.1 Å². The largest absolute Gasteiger partial charge is 0.380 e. The molecule has 2 rings (SSSR count). The molecule has 0 aliphatic rings. The topological polar surface area (TPSA) is 108 Å². The predicted molar refractivity (Wildman–Crippen MR) is 58.8 cm³/mol. The summed E-state index contributed by atoms with van der Waals surface area (Å²) in [7, 11) is 0. The molecule has 0 saturated carbocycles. The molecule has 9 heteroatoms. The highest BCUT2D eigenvalue weighted by molar-refractivity contribution is 6.18. The Kier molecular flexibility index (Phi) is 2.96. The van der Waals surface area contributed by atoms with Crippen molar-refractivity contribution in [1.82, 2.24) is 5.16 Å². The Morgan fingerprint density at radius 1 is 1.59 bits per heavy atom. The van der Waals surface area contributed by atoms with Crippen LogP contribution in [0.2, 0.25) is 0 Å². The zero-order valence-corrected chi connectivity index (χ0v) is 9.18. The van der Waals surface area contributed by atoms with Crippen molar-refractivity contribution in [2.75, 3.05) is 17.7 Å². The number of non-ortho nitro benzene ring substituents is 1. The molecule has 1 N–H and O–H groups in total. The quantitative estimate of drug-likeness (QED) is 0.380. The second-order valence-electron chi connectivity index (χ2n) is 3.13. The molecular weight excluding hydrogens is 252 g/mol. The molecule has 0 bridgehead atoms. The van der Waals surface area contributed by atoms with Crippen LogP contribution in [-0.2, 0) is 0 Å². The van der Waals surface area contributed by atoms with E-state index in [4.69, 9.17) is 11.6 Å². The van der Waals surface area contributed by atoms with Crippen LogP contribution < -0.4 is 10.2 Å². The van der Waals surface area contributed by atoms with E-state index in [9.17, 15) is 15.3 Å². The molecule has 1 heterocycles. The number of fused-ring (bicyclic) bond motifs is 1. The molecule has 90 valence electrons. The minimum Gasteiger partial charge on any atom is -0.380 e. The molecule has 2 aromatic rings. The van der Waals surface area contributed by atoms with Crippen LogP contribution in [0.1, 0.15) is 0 Å². The van der Waals surface area contributed by atoms with Crippen molar-refractivity contribution in [2.24, 2.45) is 0 Å². The number of nitro benzene ring substituents is 1. The number of hydrogen-bond donors (Lipinski definition) is 1. The summed E-state index contributed by atoms with van der Waals surface area (Å²) in [5.41, 5.74) is 0.00571. The van der Waals surface area contributed by atoms with Crippen molar-refractivity contribution in [1.29, 1.82) is 0 Å². The average molecular weight is 259 g/mol. The van der Waals surface area contributed by atoms with Crippen LogP contribution in [0.3, 0.4) is 0 Å². The Balaban J connectivity index is 2.60. The summed E-state index contributed by atoms with van der Waals surface area (Å²) < 4.78 is 4.36. The molecule has 0 atom stereocenters. The van der Waals surface area contributed by atoms with Gasteiger partial charge in [0.25, 0.3) is 5.52 Å². The monoisotopic (exact) mass is 258 g/mol. The molecule has 8 nitrogen and oxygen atoms in total. The van der Waals surface area contributed by atoms with Gasteiger partial charge in [0.15, 0.2) is 0 Å². The normalized spacial score (nSPS) is 10.6. The van der Waals surface area contributed by atoms with Gasteiger partial charge < -0.3 is 10.5 Å². The fraction of sp³-hybridized carbons (Fsp3) is 0.250. The maximum Gasteiger partial charge on any atom is 0.327 e. The first-order valence-electron chi connectivity index (χ1n) is 4.62. The van der Waals surface area contributed by atoms with Crippen molar-refractivity contribution in [3.05, 3.63) is 27.5 Å². The molecule has 0 fully saturated rings. The lowest BCUT2D eigenvalue weighted by Gasteiger charge is -2.02. The van der Waals surface area contributed by atoms with Gasteiger partial charge in [0.05, 0.1) is 15.8 Å². The van der Waals surface area contributed by atoms with Gasteiger partial charge in [-0.2, -0.15) is 0 Å². The molecule has 0 unspecified atom stereocenters. The van der Waals surface area contributed by atoms with Gasteiger partial charge in [-0.3, -0.25) is 14.7 Å². The van der Waals surface area contributed by atoms with Gasteiger partial charge in [-0.05, 0) is 11.0 Å². The SMILES string of the molecule is O=[N+]([O-])c1ccc(NCCCl)c2c1no[n+]2[O-]. The summed E-state index contributed by atoms with van der Waals surface area (Å²) in [6.45, 7) is 0.416. The first-order valence-corrected chi connectivity index (χ1v) is 5.15. The third-order valence-corrected chi connectivity index (χ3v) is 2.31. The fourth-order valence-electron chi connectivity index (χ4n) is 1.43. The Morgan fingerprint density at radius 3 is 3.00 bits per heavy atom. The van der Waals surface area contributed by atoms with Crippen molar-refractivity contribution >= 4 is 34.0 Å². The van der Waals surface area contributed by atoms with Crippen LogP contribution in [0.4, 0.5) is 11.4 Å². The Bertz CT molecular complexity index is 570. The average Bonchev–Trinajstić information content (AvgIpc) is 2.69. The van der Waals surface area contributed by atoms with Gasteiger partial charge in [-0.15, -0.1) is 11.6 Å². The molecule has 17 heavy (non-hydrogen) atoms. The molecular formula is C8H7ClN4O4. The smallest absolute Gasteiger partial charge is 0.327 e. The number of aromatic nitrogens is 2. The fourth-order valence-corrected chi connectivity index (χ4v) is 1.53. The van der Waals surface area contributed by atoms with E-state index < -0.39 is 4.92 Å². The van der Waals surface area contributed by atoms with Crippen molar-refractivity contribution in [3.63, 3.8) is 0 Å². The first-order chi connectivity index (χ1) is 8.15. The van der Waals surface area contributed by atoms with Gasteiger partial charge in [-0.25, -0.2) is 0 Å². The van der Waals surface area contributed by atoms with Crippen LogP contribution in [-0.4, -0.2) is 22.5 Å². The summed E-state index contributed by atoms with van der Waals surface area (Å²) in [5.74, 6) is 0.336. The number of alkyl halides is 1. The summed E-state index contributed by atoms with van der Waals surface area (Å²) in [4.78, 5) is 10.2. The van der Waals surface area contributed by atoms with Crippen molar-refractivity contribution < 1.29 is 14.5 Å². The van der Waals surface area contributed by atoms with E-state index in [2.05, 4.69) is 15.1 Å². The second-order valence-corrected chi connectivity index (χ2v) is 3.51. The van der Waals surface area contributed by atoms with E-state index in [1.165, 1.54) is 12.1 Å². The van der Waals surface area contributed by atoms with E-state index in [1.54, 1.807) is 0 Å². The summed E-state index contributed by atoms with van der Waals surface area (Å²) in [5, 5.41) is 28.3. The minimum absolute atomic E-state index is 0.00989. The number of halogens is 1. The molecule has 0 amide bonds. The van der Waals surface area contributed by atoms with Crippen LogP contribution in [0.25, 0.3) is 11.0 Å². The highest BCUT2D eigenvalue weighted by Crippen LogP contribution is 2.27. The van der Waals surface area contributed by atoms with Crippen LogP contribution in [0.5, 0.6) is 0 Å². The lowest BCUT2D eigenvalue weighted by atomic mass is 10.2. The predicted octanol–water partition coefficient (Wildman–Crippen LogP) is 1.02. The number of hydrogen-bond acceptors (Lipinski definition) is 6. The minimum atomic E-state index is -0.629. The Labute approximate surface area is 99.4 Å². The third kappa shape index (κ3) is 1.94. The number of nitrogens with one attached hydrogen (secondary N) is 1. The summed E-state index contributed by atoms with van der Waals surface area (Å²) in [6.07, 6.45) is 0. The summed E-state index contributed by atoms with van der Waals surface area (Å²) in [6, 6.07) is 2.67. The number of rotatable bonds is 4. The summed E-state index contributed by atoms with van der Waals surface area (Å²) >= 11 is 5.50. The van der Waals surface area contributed by atoms with E-state index in [1.807, 2.05) is 0 Å². The van der Waals surface area contributed by atoms with Crippen molar-refractivity contribution in [2.45, 2.75) is 0 Å². The van der Waals surface area contributed by atoms with E-state index in [-0.39, 0.29) is 21.6 Å². The molecule has 0 saturated heterocycles. The molecule has 1 aromatic heterocycles. The first kappa shape index (κ1) is 11.4. The Hall–Kier alpha value is -2.09. The van der Waals surface area contributed by atoms with Crippen LogP contribution in [0, 0.1) is 15.3 Å². The molecule has 0 aliphatic heterocycles. The maximum atomic E-state index is 11.3. The highest BCUT2D eigenvalue weighted by atomic mass is 35.5. The zero-order chi connectivity index (χ0) is 12.4. The maximum absolute atomic E-state index is 11.3. The third-order valence-electron chi connectivity index (χ3n) is 2.13. The van der Waals surface area contributed by atoms with E-state index in [0.717, 1.165) is 0 Å². The molecule has 0 spiro atoms. The molecule has 1 aromatic carbocycles. The molecule has 0 aliphatic carbocycles. The van der Waals surface area contributed by atoms with Gasteiger partial charge in [0, 0.05) is 18.5 Å². The number of nitrogens with zero attached hydrogens (tertiary/aromatic N) is 3. The van der Waals surface area contributed by atoms with Crippen LogP contribution in [0.15, 0.2) is 16.8 Å².